The molecule has 0 unspecified atom stereocenters. The van der Waals surface area contributed by atoms with Crippen molar-refractivity contribution in [2.45, 2.75) is 70.3 Å². The molecule has 3 heterocycles. The summed E-state index contributed by atoms with van der Waals surface area (Å²) in [5.41, 5.74) is 2.86. The number of hydrogen-bond acceptors (Lipinski definition) is 7. The van der Waals surface area contributed by atoms with Gasteiger partial charge in [0.25, 0.3) is 5.88 Å². The highest BCUT2D eigenvalue weighted by molar-refractivity contribution is 5.78. The minimum atomic E-state index is -1.12. The molecule has 0 aliphatic heterocycles. The molecule has 0 spiro atoms. The summed E-state index contributed by atoms with van der Waals surface area (Å²) in [6.07, 6.45) is 3.90. The minimum absolute atomic E-state index is 0.0729. The van der Waals surface area contributed by atoms with Crippen LogP contribution < -0.4 is 9.47 Å². The number of fused-ring (bicyclic) bond motifs is 2. The van der Waals surface area contributed by atoms with Crippen LogP contribution in [0, 0.1) is 12.7 Å². The molecule has 2 aliphatic carbocycles. The van der Waals surface area contributed by atoms with E-state index >= 15 is 0 Å². The van der Waals surface area contributed by atoms with Crippen LogP contribution in [0.2, 0.25) is 0 Å². The average molecular weight is 442 g/mol. The maximum Gasteiger partial charge on any atom is 0.254 e. The average Bonchev–Trinajstić information content (AvgIpc) is 3.34. The molecule has 0 radical (unpaired) electrons. The molecule has 4 atom stereocenters. The molecule has 5 rings (SSSR count). The van der Waals surface area contributed by atoms with Crippen molar-refractivity contribution in [3.05, 3.63) is 41.2 Å². The third-order valence-corrected chi connectivity index (χ3v) is 6.59. The van der Waals surface area contributed by atoms with Crippen molar-refractivity contribution in [1.82, 2.24) is 19.5 Å². The Morgan fingerprint density at radius 1 is 1.12 bits per heavy atom. The van der Waals surface area contributed by atoms with E-state index in [0.717, 1.165) is 29.5 Å². The molecule has 8 nitrogen and oxygen atoms in total. The lowest BCUT2D eigenvalue weighted by Crippen LogP contribution is -2.34. The van der Waals surface area contributed by atoms with Crippen LogP contribution in [0.4, 0.5) is 4.39 Å². The second-order valence-electron chi connectivity index (χ2n) is 8.49. The lowest BCUT2D eigenvalue weighted by Gasteiger charge is -2.24. The van der Waals surface area contributed by atoms with Crippen LogP contribution in [0.25, 0.3) is 11.0 Å². The number of aliphatic hydroxyl groups is 2. The highest BCUT2D eigenvalue weighted by Gasteiger charge is 2.45. The van der Waals surface area contributed by atoms with E-state index < -0.39 is 30.2 Å². The molecule has 0 bridgehead atoms. The van der Waals surface area contributed by atoms with Gasteiger partial charge in [-0.05, 0) is 45.6 Å². The largest absolute Gasteiger partial charge is 0.476 e. The lowest BCUT2D eigenvalue weighted by molar-refractivity contribution is -0.0179. The van der Waals surface area contributed by atoms with Gasteiger partial charge in [0.1, 0.15) is 30.3 Å². The zero-order chi connectivity index (χ0) is 22.4. The molecular formula is C23H27FN4O4. The number of ether oxygens (including phenoxy) is 2. The molecule has 9 heteroatoms. The first-order chi connectivity index (χ1) is 15.5. The summed E-state index contributed by atoms with van der Waals surface area (Å²) >= 11 is 0. The van der Waals surface area contributed by atoms with Gasteiger partial charge in [-0.3, -0.25) is 0 Å². The third kappa shape index (κ3) is 3.40. The first-order valence-corrected chi connectivity index (χ1v) is 11.1. The van der Waals surface area contributed by atoms with E-state index in [2.05, 4.69) is 15.0 Å². The summed E-state index contributed by atoms with van der Waals surface area (Å²) in [6, 6.07) is 1.48. The van der Waals surface area contributed by atoms with Gasteiger partial charge in [-0.15, -0.1) is 0 Å². The van der Waals surface area contributed by atoms with Crippen molar-refractivity contribution in [2.75, 3.05) is 6.61 Å². The van der Waals surface area contributed by atoms with Gasteiger partial charge in [0, 0.05) is 29.1 Å². The predicted molar refractivity (Wildman–Crippen MR) is 114 cm³/mol. The second-order valence-corrected chi connectivity index (χ2v) is 8.49. The van der Waals surface area contributed by atoms with E-state index in [4.69, 9.17) is 9.47 Å². The summed E-state index contributed by atoms with van der Waals surface area (Å²) in [5, 5.41) is 22.5. The van der Waals surface area contributed by atoms with Crippen LogP contribution in [-0.4, -0.2) is 54.7 Å². The molecule has 1 saturated carbocycles. The van der Waals surface area contributed by atoms with Gasteiger partial charge in [-0.25, -0.2) is 14.4 Å². The standard InChI is InChI=1S/C23H27FN4O4/c1-3-31-23-18(24)14-6-4-5-7-15(14)22(27-23)32-17-10-16(19(29)20(17)30)28-9-8-13-12(2)25-11-26-21(13)28/h8-9,11,16-17,19-20,29-30H,3-7,10H2,1-2H3/t16-,17+,19+,20-/m1/s1. The van der Waals surface area contributed by atoms with Crippen LogP contribution in [0.1, 0.15) is 49.0 Å². The Kier molecular flexibility index (Phi) is 5.46. The number of halogens is 1. The van der Waals surface area contributed by atoms with Crippen LogP contribution in [-0.2, 0) is 12.8 Å². The van der Waals surface area contributed by atoms with Gasteiger partial charge in [-0.2, -0.15) is 4.98 Å². The fraction of sp³-hybridized carbons (Fsp3) is 0.522. The molecule has 0 saturated heterocycles. The van der Waals surface area contributed by atoms with Crippen molar-refractivity contribution >= 4 is 11.0 Å². The van der Waals surface area contributed by atoms with Crippen LogP contribution in [0.3, 0.4) is 0 Å². The van der Waals surface area contributed by atoms with Crippen LogP contribution in [0.15, 0.2) is 18.6 Å². The molecule has 3 aromatic heterocycles. The quantitative estimate of drug-likeness (QED) is 0.626. The molecule has 32 heavy (non-hydrogen) atoms. The maximum absolute atomic E-state index is 14.9. The van der Waals surface area contributed by atoms with E-state index in [9.17, 15) is 14.6 Å². The van der Waals surface area contributed by atoms with E-state index in [-0.39, 0.29) is 18.4 Å². The molecule has 0 amide bonds. The number of nitrogens with zero attached hydrogens (tertiary/aromatic N) is 4. The number of aliphatic hydroxyl groups excluding tert-OH is 2. The van der Waals surface area contributed by atoms with Crippen molar-refractivity contribution in [3.8, 4) is 11.8 Å². The normalized spacial score (nSPS) is 25.2. The SMILES string of the molecule is CCOc1nc(O[C@H]2C[C@@H](n3ccc4c(C)ncnc43)[C@H](O)[C@@H]2O)c2c(c1F)CCCC2. The van der Waals surface area contributed by atoms with Crippen molar-refractivity contribution in [3.63, 3.8) is 0 Å². The van der Waals surface area contributed by atoms with E-state index in [1.54, 1.807) is 6.92 Å². The van der Waals surface area contributed by atoms with Gasteiger partial charge in [0.15, 0.2) is 5.82 Å². The monoisotopic (exact) mass is 442 g/mol. The lowest BCUT2D eigenvalue weighted by atomic mass is 9.92. The van der Waals surface area contributed by atoms with Gasteiger partial charge in [-0.1, -0.05) is 0 Å². The van der Waals surface area contributed by atoms with E-state index in [0.29, 0.717) is 30.5 Å². The predicted octanol–water partition coefficient (Wildman–Crippen LogP) is 2.67. The number of pyridine rings is 1. The Hall–Kier alpha value is -2.78. The van der Waals surface area contributed by atoms with Gasteiger partial charge < -0.3 is 24.3 Å². The van der Waals surface area contributed by atoms with Crippen molar-refractivity contribution in [2.24, 2.45) is 0 Å². The Balaban J connectivity index is 1.46. The summed E-state index contributed by atoms with van der Waals surface area (Å²) in [4.78, 5) is 12.9. The maximum atomic E-state index is 14.9. The Morgan fingerprint density at radius 2 is 1.91 bits per heavy atom. The molecule has 2 aliphatic rings. The molecule has 170 valence electrons. The topological polar surface area (TPSA) is 103 Å². The molecule has 1 fully saturated rings. The summed E-state index contributed by atoms with van der Waals surface area (Å²) in [6.45, 7) is 3.96. The summed E-state index contributed by atoms with van der Waals surface area (Å²) in [7, 11) is 0. The number of hydrogen-bond donors (Lipinski definition) is 2. The Morgan fingerprint density at radius 3 is 2.69 bits per heavy atom. The summed E-state index contributed by atoms with van der Waals surface area (Å²) < 4.78 is 28.3. The van der Waals surface area contributed by atoms with Crippen LogP contribution in [0.5, 0.6) is 11.8 Å². The first kappa shape index (κ1) is 21.1. The fourth-order valence-corrected chi connectivity index (χ4v) is 4.92. The number of rotatable bonds is 5. The highest BCUT2D eigenvalue weighted by atomic mass is 19.1. The second kappa shape index (κ2) is 8.29. The van der Waals surface area contributed by atoms with Crippen molar-refractivity contribution in [1.29, 1.82) is 0 Å². The van der Waals surface area contributed by atoms with Gasteiger partial charge in [0.05, 0.1) is 18.3 Å². The molecular weight excluding hydrogens is 415 g/mol. The molecule has 3 aromatic rings. The zero-order valence-corrected chi connectivity index (χ0v) is 18.2. The Labute approximate surface area is 185 Å². The highest BCUT2D eigenvalue weighted by Crippen LogP contribution is 2.39. The summed E-state index contributed by atoms with van der Waals surface area (Å²) in [5.74, 6) is -0.207. The number of aromatic nitrogens is 4. The minimum Gasteiger partial charge on any atom is -0.476 e. The molecule has 2 N–H and O–H groups in total. The van der Waals surface area contributed by atoms with Crippen molar-refractivity contribution < 1.29 is 24.1 Å². The zero-order valence-electron chi connectivity index (χ0n) is 18.2. The Bertz CT molecular complexity index is 1150. The van der Waals surface area contributed by atoms with E-state index in [1.165, 1.54) is 6.33 Å². The fourth-order valence-electron chi connectivity index (χ4n) is 4.92. The third-order valence-electron chi connectivity index (χ3n) is 6.59. The first-order valence-electron chi connectivity index (χ1n) is 11.1. The number of aryl methyl sites for hydroxylation is 1. The van der Waals surface area contributed by atoms with E-state index in [1.807, 2.05) is 23.8 Å². The van der Waals surface area contributed by atoms with Gasteiger partial charge >= 0.3 is 0 Å². The van der Waals surface area contributed by atoms with Crippen LogP contribution >= 0.6 is 0 Å². The molecule has 0 aromatic carbocycles. The van der Waals surface area contributed by atoms with Gasteiger partial charge in [0.2, 0.25) is 5.88 Å². The smallest absolute Gasteiger partial charge is 0.254 e.